The van der Waals surface area contributed by atoms with Gasteiger partial charge in [-0.3, -0.25) is 0 Å². The van der Waals surface area contributed by atoms with E-state index in [-0.39, 0.29) is 0 Å². The maximum atomic E-state index is 5.31. The second kappa shape index (κ2) is 3.43. The molecule has 0 amide bonds. The Morgan fingerprint density at radius 2 is 2.07 bits per heavy atom. The molecule has 0 bridgehead atoms. The van der Waals surface area contributed by atoms with Crippen LogP contribution in [0.4, 0.5) is 0 Å². The normalized spacial score (nSPS) is 10.4. The lowest BCUT2D eigenvalue weighted by Crippen LogP contribution is -2.30. The zero-order chi connectivity index (χ0) is 10.1. The molecule has 0 aliphatic heterocycles. The van der Waals surface area contributed by atoms with Gasteiger partial charge in [0.25, 0.3) is 0 Å². The van der Waals surface area contributed by atoms with E-state index in [2.05, 4.69) is 42.0 Å². The van der Waals surface area contributed by atoms with Crippen molar-refractivity contribution in [1.82, 2.24) is 0 Å². The van der Waals surface area contributed by atoms with Crippen molar-refractivity contribution in [3.63, 3.8) is 0 Å². The Labute approximate surface area is 88.0 Å². The first-order valence-electron chi connectivity index (χ1n) is 4.53. The summed E-state index contributed by atoms with van der Waals surface area (Å²) in [5.41, 5.74) is 5.99. The monoisotopic (exact) mass is 202 g/mol. The number of aryl methyl sites for hydroxylation is 2. The van der Waals surface area contributed by atoms with Gasteiger partial charge in [0.15, 0.2) is 0 Å². The molecule has 0 saturated carbocycles. The summed E-state index contributed by atoms with van der Waals surface area (Å²) in [5, 5.41) is 0. The molecule has 1 aromatic heterocycles. The van der Waals surface area contributed by atoms with Crippen molar-refractivity contribution >= 4 is 21.6 Å². The highest BCUT2D eigenvalue weighted by Crippen LogP contribution is 2.20. The zero-order valence-corrected chi connectivity index (χ0v) is 9.19. The van der Waals surface area contributed by atoms with Gasteiger partial charge in [-0.1, -0.05) is 11.3 Å². The second-order valence-corrected chi connectivity index (χ2v) is 4.35. The van der Waals surface area contributed by atoms with Gasteiger partial charge in [0.05, 0.1) is 0 Å². The number of aromatic nitrogens is 1. The highest BCUT2D eigenvalue weighted by molar-refractivity contribution is 7.16. The van der Waals surface area contributed by atoms with Crippen molar-refractivity contribution < 1.29 is 4.57 Å². The summed E-state index contributed by atoms with van der Waals surface area (Å²) in [6, 6.07) is 4.43. The van der Waals surface area contributed by atoms with E-state index in [4.69, 9.17) is 6.42 Å². The van der Waals surface area contributed by atoms with Gasteiger partial charge in [0.1, 0.15) is 4.70 Å². The van der Waals surface area contributed by atoms with Crippen LogP contribution < -0.4 is 4.57 Å². The lowest BCUT2D eigenvalue weighted by atomic mass is 10.1. The number of terminal acetylenes is 1. The fourth-order valence-electron chi connectivity index (χ4n) is 1.49. The van der Waals surface area contributed by atoms with Crippen LogP contribution in [0.15, 0.2) is 17.6 Å². The Bertz CT molecular complexity index is 517. The molecule has 1 nitrogen and oxygen atoms in total. The molecule has 0 N–H and O–H groups in total. The molecule has 2 heteroatoms. The summed E-state index contributed by atoms with van der Waals surface area (Å²) in [5.74, 6) is 2.67. The summed E-state index contributed by atoms with van der Waals surface area (Å²) < 4.78 is 3.43. The Balaban J connectivity index is 2.69. The Morgan fingerprint density at radius 3 is 2.79 bits per heavy atom. The summed E-state index contributed by atoms with van der Waals surface area (Å²) >= 11 is 1.74. The highest BCUT2D eigenvalue weighted by Gasteiger charge is 2.11. The molecule has 70 valence electrons. The van der Waals surface area contributed by atoms with Crippen LogP contribution in [0.3, 0.4) is 0 Å². The van der Waals surface area contributed by atoms with Gasteiger partial charge >= 0.3 is 0 Å². The van der Waals surface area contributed by atoms with Gasteiger partial charge < -0.3 is 0 Å². The summed E-state index contributed by atoms with van der Waals surface area (Å²) in [4.78, 5) is 0. The van der Waals surface area contributed by atoms with Crippen molar-refractivity contribution in [2.24, 2.45) is 0 Å². The van der Waals surface area contributed by atoms with E-state index in [9.17, 15) is 0 Å². The van der Waals surface area contributed by atoms with Gasteiger partial charge in [-0.05, 0) is 37.0 Å². The fourth-order valence-corrected chi connectivity index (χ4v) is 2.46. The molecule has 0 atom stereocenters. The number of nitrogens with zero attached hydrogens (tertiary/aromatic N) is 1. The van der Waals surface area contributed by atoms with Crippen LogP contribution in [0.25, 0.3) is 10.2 Å². The number of rotatable bonds is 1. The second-order valence-electron chi connectivity index (χ2n) is 3.46. The van der Waals surface area contributed by atoms with Gasteiger partial charge in [-0.2, -0.15) is 4.57 Å². The number of benzene rings is 1. The first-order chi connectivity index (χ1) is 6.72. The molecular weight excluding hydrogens is 190 g/mol. The Morgan fingerprint density at radius 1 is 1.36 bits per heavy atom. The minimum Gasteiger partial charge on any atom is -0.177 e. The van der Waals surface area contributed by atoms with Crippen LogP contribution >= 0.6 is 11.3 Å². The number of fused-ring (bicyclic) bond motifs is 1. The van der Waals surface area contributed by atoms with Gasteiger partial charge in [-0.15, -0.1) is 6.42 Å². The Hall–Kier alpha value is -1.33. The summed E-state index contributed by atoms with van der Waals surface area (Å²) in [6.07, 6.45) is 5.31. The molecule has 1 aromatic carbocycles. The van der Waals surface area contributed by atoms with Crippen molar-refractivity contribution in [3.8, 4) is 12.3 Å². The quantitative estimate of drug-likeness (QED) is 0.494. The van der Waals surface area contributed by atoms with E-state index in [0.717, 1.165) is 0 Å². The van der Waals surface area contributed by atoms with Gasteiger partial charge in [0.2, 0.25) is 17.6 Å². The molecule has 2 rings (SSSR count). The molecule has 0 fully saturated rings. The molecule has 1 heterocycles. The fraction of sp³-hybridized carbons (Fsp3) is 0.250. The maximum Gasteiger partial charge on any atom is 0.226 e. The van der Waals surface area contributed by atoms with E-state index in [1.807, 2.05) is 0 Å². The molecule has 2 aromatic rings. The molecular formula is C12H12NS+. The van der Waals surface area contributed by atoms with Crippen molar-refractivity contribution in [1.29, 1.82) is 0 Å². The minimum absolute atomic E-state index is 0.655. The average molecular weight is 202 g/mol. The molecule has 0 radical (unpaired) electrons. The third-order valence-electron chi connectivity index (χ3n) is 2.45. The van der Waals surface area contributed by atoms with Gasteiger partial charge in [0, 0.05) is 6.07 Å². The maximum absolute atomic E-state index is 5.31. The summed E-state index contributed by atoms with van der Waals surface area (Å²) in [6.45, 7) is 4.93. The van der Waals surface area contributed by atoms with Crippen molar-refractivity contribution in [2.75, 3.05) is 0 Å². The summed E-state index contributed by atoms with van der Waals surface area (Å²) in [7, 11) is 0. The van der Waals surface area contributed by atoms with E-state index in [1.165, 1.54) is 21.3 Å². The molecule has 0 unspecified atom stereocenters. The number of hydrogen-bond donors (Lipinski definition) is 0. The SMILES string of the molecule is C#CC[n+]1csc2cc(C)c(C)cc21. The van der Waals surface area contributed by atoms with E-state index in [0.29, 0.717) is 6.54 Å². The lowest BCUT2D eigenvalue weighted by molar-refractivity contribution is -0.654. The van der Waals surface area contributed by atoms with Crippen LogP contribution in [0.5, 0.6) is 0 Å². The topological polar surface area (TPSA) is 3.88 Å². The van der Waals surface area contributed by atoms with Crippen LogP contribution in [-0.4, -0.2) is 0 Å². The van der Waals surface area contributed by atoms with E-state index < -0.39 is 0 Å². The lowest BCUT2D eigenvalue weighted by Gasteiger charge is -1.96. The molecule has 0 aliphatic carbocycles. The predicted octanol–water partition coefficient (Wildman–Crippen LogP) is 2.44. The van der Waals surface area contributed by atoms with E-state index in [1.54, 1.807) is 11.3 Å². The molecule has 0 spiro atoms. The number of thiazole rings is 1. The van der Waals surface area contributed by atoms with Crippen LogP contribution in [0.2, 0.25) is 0 Å². The van der Waals surface area contributed by atoms with Crippen LogP contribution in [0.1, 0.15) is 11.1 Å². The largest absolute Gasteiger partial charge is 0.226 e. The first kappa shape index (κ1) is 9.23. The van der Waals surface area contributed by atoms with Gasteiger partial charge in [-0.25, -0.2) is 0 Å². The standard InChI is InChI=1S/C12H12NS/c1-4-5-13-8-14-12-7-10(3)9(2)6-11(12)13/h1,6-8H,5H2,2-3H3/q+1. The minimum atomic E-state index is 0.655. The highest BCUT2D eigenvalue weighted by atomic mass is 32.1. The molecule has 0 saturated heterocycles. The smallest absolute Gasteiger partial charge is 0.177 e. The third kappa shape index (κ3) is 1.40. The molecule has 0 aliphatic rings. The predicted molar refractivity (Wildman–Crippen MR) is 60.3 cm³/mol. The van der Waals surface area contributed by atoms with Crippen molar-refractivity contribution in [3.05, 3.63) is 28.8 Å². The van der Waals surface area contributed by atoms with Crippen molar-refractivity contribution in [2.45, 2.75) is 20.4 Å². The first-order valence-corrected chi connectivity index (χ1v) is 5.41. The molecule has 14 heavy (non-hydrogen) atoms. The Kier molecular flexibility index (Phi) is 2.26. The third-order valence-corrected chi connectivity index (χ3v) is 3.39. The number of hydrogen-bond acceptors (Lipinski definition) is 1. The van der Waals surface area contributed by atoms with Crippen LogP contribution in [-0.2, 0) is 6.54 Å². The van der Waals surface area contributed by atoms with Crippen LogP contribution in [0, 0.1) is 26.2 Å². The average Bonchev–Trinajstić information content (AvgIpc) is 2.51. The zero-order valence-electron chi connectivity index (χ0n) is 8.37. The van der Waals surface area contributed by atoms with E-state index >= 15 is 0 Å².